The van der Waals surface area contributed by atoms with Crippen LogP contribution >= 0.6 is 0 Å². The number of carbonyl (C=O) groups excluding carboxylic acids is 1. The molecule has 0 aliphatic carbocycles. The standard InChI is InChI=1S/C12H13FN2O3/c13-10-2-1-7(12(17)18)3-8(10)5-14-9-4-11(16)15-6-9/h1-3,9,14H,4-6H2,(H,15,16)(H,17,18). The van der Waals surface area contributed by atoms with Crippen molar-refractivity contribution in [3.8, 4) is 0 Å². The molecule has 1 unspecified atom stereocenters. The third-order valence-electron chi connectivity index (χ3n) is 2.85. The molecule has 1 aromatic carbocycles. The van der Waals surface area contributed by atoms with Crippen LogP contribution in [0.5, 0.6) is 0 Å². The molecule has 2 rings (SSSR count). The first kappa shape index (κ1) is 12.5. The summed E-state index contributed by atoms with van der Waals surface area (Å²) in [4.78, 5) is 21.7. The van der Waals surface area contributed by atoms with Gasteiger partial charge in [0.05, 0.1) is 5.56 Å². The van der Waals surface area contributed by atoms with Gasteiger partial charge in [0.2, 0.25) is 5.91 Å². The van der Waals surface area contributed by atoms with Gasteiger partial charge in [0.15, 0.2) is 0 Å². The van der Waals surface area contributed by atoms with Gasteiger partial charge in [0, 0.05) is 31.1 Å². The molecule has 0 saturated carbocycles. The predicted octanol–water partition coefficient (Wildman–Crippen LogP) is 0.502. The number of carboxylic acid groups (broad SMARTS) is 1. The molecule has 1 aromatic rings. The van der Waals surface area contributed by atoms with Gasteiger partial charge in [-0.25, -0.2) is 9.18 Å². The Labute approximate surface area is 103 Å². The van der Waals surface area contributed by atoms with Crippen LogP contribution in [0.2, 0.25) is 0 Å². The largest absolute Gasteiger partial charge is 0.478 e. The Kier molecular flexibility index (Phi) is 3.57. The maximum atomic E-state index is 13.5. The molecule has 18 heavy (non-hydrogen) atoms. The number of halogens is 1. The Morgan fingerprint density at radius 3 is 2.94 bits per heavy atom. The quantitative estimate of drug-likeness (QED) is 0.729. The Balaban J connectivity index is 2.02. The van der Waals surface area contributed by atoms with Crippen LogP contribution < -0.4 is 10.6 Å². The molecule has 1 fully saturated rings. The summed E-state index contributed by atoms with van der Waals surface area (Å²) in [5.74, 6) is -1.58. The van der Waals surface area contributed by atoms with E-state index in [9.17, 15) is 14.0 Å². The number of rotatable bonds is 4. The second kappa shape index (κ2) is 5.14. The number of benzene rings is 1. The lowest BCUT2D eigenvalue weighted by Crippen LogP contribution is -2.30. The molecule has 0 spiro atoms. The van der Waals surface area contributed by atoms with E-state index in [1.807, 2.05) is 0 Å². The summed E-state index contributed by atoms with van der Waals surface area (Å²) in [7, 11) is 0. The molecular weight excluding hydrogens is 239 g/mol. The van der Waals surface area contributed by atoms with Crippen LogP contribution in [0, 0.1) is 5.82 Å². The first-order chi connectivity index (χ1) is 8.56. The van der Waals surface area contributed by atoms with Gasteiger partial charge >= 0.3 is 5.97 Å². The minimum Gasteiger partial charge on any atom is -0.478 e. The van der Waals surface area contributed by atoms with E-state index < -0.39 is 11.8 Å². The highest BCUT2D eigenvalue weighted by Crippen LogP contribution is 2.11. The Morgan fingerprint density at radius 1 is 1.56 bits per heavy atom. The molecule has 0 radical (unpaired) electrons. The first-order valence-electron chi connectivity index (χ1n) is 5.58. The van der Waals surface area contributed by atoms with E-state index in [1.165, 1.54) is 12.1 Å². The first-order valence-corrected chi connectivity index (χ1v) is 5.58. The number of nitrogens with one attached hydrogen (secondary N) is 2. The molecule has 96 valence electrons. The monoisotopic (exact) mass is 252 g/mol. The van der Waals surface area contributed by atoms with Crippen molar-refractivity contribution in [2.45, 2.75) is 19.0 Å². The lowest BCUT2D eigenvalue weighted by atomic mass is 10.1. The number of carbonyl (C=O) groups is 2. The summed E-state index contributed by atoms with van der Waals surface area (Å²) in [6.45, 7) is 0.714. The molecule has 6 heteroatoms. The van der Waals surface area contributed by atoms with Gasteiger partial charge in [0.25, 0.3) is 0 Å². The highest BCUT2D eigenvalue weighted by Gasteiger charge is 2.21. The van der Waals surface area contributed by atoms with Crippen LogP contribution in [-0.2, 0) is 11.3 Å². The Hall–Kier alpha value is -1.95. The number of hydrogen-bond acceptors (Lipinski definition) is 3. The van der Waals surface area contributed by atoms with Crippen molar-refractivity contribution in [2.75, 3.05) is 6.54 Å². The van der Waals surface area contributed by atoms with E-state index in [-0.39, 0.29) is 29.6 Å². The zero-order chi connectivity index (χ0) is 13.1. The van der Waals surface area contributed by atoms with Crippen LogP contribution in [0.3, 0.4) is 0 Å². The summed E-state index contributed by atoms with van der Waals surface area (Å²) >= 11 is 0. The van der Waals surface area contributed by atoms with E-state index in [2.05, 4.69) is 10.6 Å². The fourth-order valence-corrected chi connectivity index (χ4v) is 1.85. The fourth-order valence-electron chi connectivity index (χ4n) is 1.85. The van der Waals surface area contributed by atoms with E-state index in [1.54, 1.807) is 0 Å². The van der Waals surface area contributed by atoms with Gasteiger partial charge in [0.1, 0.15) is 5.82 Å². The molecule has 5 nitrogen and oxygen atoms in total. The molecule has 0 aromatic heterocycles. The second-order valence-electron chi connectivity index (χ2n) is 4.20. The molecule has 1 aliphatic rings. The van der Waals surface area contributed by atoms with Gasteiger partial charge in [-0.2, -0.15) is 0 Å². The van der Waals surface area contributed by atoms with Crippen LogP contribution in [0.4, 0.5) is 4.39 Å². The normalized spacial score (nSPS) is 18.7. The smallest absolute Gasteiger partial charge is 0.335 e. The van der Waals surface area contributed by atoms with Gasteiger partial charge < -0.3 is 15.7 Å². The van der Waals surface area contributed by atoms with E-state index in [4.69, 9.17) is 5.11 Å². The minimum absolute atomic E-state index is 0.0349. The van der Waals surface area contributed by atoms with Gasteiger partial charge in [-0.05, 0) is 18.2 Å². The maximum absolute atomic E-state index is 13.5. The minimum atomic E-state index is -1.09. The van der Waals surface area contributed by atoms with Crippen molar-refractivity contribution in [3.05, 3.63) is 35.1 Å². The van der Waals surface area contributed by atoms with Crippen molar-refractivity contribution in [2.24, 2.45) is 0 Å². The van der Waals surface area contributed by atoms with Crippen LogP contribution in [0.25, 0.3) is 0 Å². The van der Waals surface area contributed by atoms with Crippen LogP contribution in [-0.4, -0.2) is 29.6 Å². The molecule has 1 amide bonds. The van der Waals surface area contributed by atoms with Gasteiger partial charge in [-0.1, -0.05) is 0 Å². The second-order valence-corrected chi connectivity index (χ2v) is 4.20. The summed E-state index contributed by atoms with van der Waals surface area (Å²) in [6.07, 6.45) is 0.361. The number of amides is 1. The number of aromatic carboxylic acids is 1. The zero-order valence-electron chi connectivity index (χ0n) is 9.57. The van der Waals surface area contributed by atoms with E-state index >= 15 is 0 Å². The highest BCUT2D eigenvalue weighted by atomic mass is 19.1. The summed E-state index contributed by atoms with van der Waals surface area (Å²) in [6, 6.07) is 3.63. The SMILES string of the molecule is O=C1CC(NCc2cc(C(=O)O)ccc2F)CN1. The topological polar surface area (TPSA) is 78.4 Å². The third kappa shape index (κ3) is 2.84. The molecule has 1 saturated heterocycles. The molecule has 0 bridgehead atoms. The lowest BCUT2D eigenvalue weighted by molar-refractivity contribution is -0.119. The highest BCUT2D eigenvalue weighted by molar-refractivity contribution is 5.87. The molecular formula is C12H13FN2O3. The fraction of sp³-hybridized carbons (Fsp3) is 0.333. The maximum Gasteiger partial charge on any atom is 0.335 e. The predicted molar refractivity (Wildman–Crippen MR) is 61.6 cm³/mol. The van der Waals surface area contributed by atoms with Crippen LogP contribution in [0.1, 0.15) is 22.3 Å². The number of carboxylic acids is 1. The van der Waals surface area contributed by atoms with Gasteiger partial charge in [-0.3, -0.25) is 4.79 Å². The molecule has 1 heterocycles. The van der Waals surface area contributed by atoms with Crippen molar-refractivity contribution in [1.29, 1.82) is 0 Å². The summed E-state index contributed by atoms with van der Waals surface area (Å²) in [5, 5.41) is 14.5. The van der Waals surface area contributed by atoms with Crippen LogP contribution in [0.15, 0.2) is 18.2 Å². The van der Waals surface area contributed by atoms with Crippen molar-refractivity contribution < 1.29 is 19.1 Å². The van der Waals surface area contributed by atoms with E-state index in [0.717, 1.165) is 6.07 Å². The third-order valence-corrected chi connectivity index (χ3v) is 2.85. The summed E-state index contributed by atoms with van der Waals surface area (Å²) < 4.78 is 13.5. The molecule has 1 atom stereocenters. The van der Waals surface area contributed by atoms with Gasteiger partial charge in [-0.15, -0.1) is 0 Å². The Morgan fingerprint density at radius 2 is 2.33 bits per heavy atom. The molecule has 1 aliphatic heterocycles. The van der Waals surface area contributed by atoms with Crippen molar-refractivity contribution in [3.63, 3.8) is 0 Å². The summed E-state index contributed by atoms with van der Waals surface area (Å²) in [5.41, 5.74) is 0.336. The van der Waals surface area contributed by atoms with Crippen molar-refractivity contribution in [1.82, 2.24) is 10.6 Å². The lowest BCUT2D eigenvalue weighted by Gasteiger charge is -2.11. The molecule has 3 N–H and O–H groups in total. The van der Waals surface area contributed by atoms with E-state index in [0.29, 0.717) is 13.0 Å². The average molecular weight is 252 g/mol. The average Bonchev–Trinajstić information content (AvgIpc) is 2.74. The van der Waals surface area contributed by atoms with Crippen molar-refractivity contribution >= 4 is 11.9 Å². The Bertz CT molecular complexity index is 490. The zero-order valence-corrected chi connectivity index (χ0v) is 9.57. The number of hydrogen-bond donors (Lipinski definition) is 3.